The highest BCUT2D eigenvalue weighted by molar-refractivity contribution is 5.97. The molecule has 15 heavy (non-hydrogen) atoms. The summed E-state index contributed by atoms with van der Waals surface area (Å²) in [4.78, 5) is 0. The van der Waals surface area contributed by atoms with Gasteiger partial charge in [-0.2, -0.15) is 0 Å². The summed E-state index contributed by atoms with van der Waals surface area (Å²) in [6.07, 6.45) is 0.764. The zero-order chi connectivity index (χ0) is 10.4. The van der Waals surface area contributed by atoms with Crippen LogP contribution in [0, 0.1) is 0 Å². The Bertz CT molecular complexity index is 565. The van der Waals surface area contributed by atoms with Gasteiger partial charge in [0.15, 0.2) is 0 Å². The van der Waals surface area contributed by atoms with Gasteiger partial charge >= 0.3 is 0 Å². The van der Waals surface area contributed by atoms with Gasteiger partial charge in [-0.3, -0.25) is 0 Å². The molecular formula is C13H10O2. The van der Waals surface area contributed by atoms with Crippen LogP contribution in [0.3, 0.4) is 0 Å². The van der Waals surface area contributed by atoms with Crippen molar-refractivity contribution in [3.63, 3.8) is 0 Å². The standard InChI is InChI=1S/C13H10O2/c14-11-7-12(15)10-6-2-4-8-3-1-5-9(11)13(8)10/h1-7,11,14-15H. The first kappa shape index (κ1) is 8.50. The van der Waals surface area contributed by atoms with Crippen LogP contribution in [-0.4, -0.2) is 10.2 Å². The third kappa shape index (κ3) is 1.09. The summed E-state index contributed by atoms with van der Waals surface area (Å²) in [5, 5.41) is 21.5. The van der Waals surface area contributed by atoms with Crippen LogP contribution in [0.1, 0.15) is 17.2 Å². The Morgan fingerprint density at radius 2 is 1.73 bits per heavy atom. The van der Waals surface area contributed by atoms with Crippen molar-refractivity contribution in [2.24, 2.45) is 0 Å². The molecule has 0 radical (unpaired) electrons. The van der Waals surface area contributed by atoms with E-state index >= 15 is 0 Å². The van der Waals surface area contributed by atoms with Gasteiger partial charge in [0.2, 0.25) is 0 Å². The van der Waals surface area contributed by atoms with E-state index in [9.17, 15) is 10.2 Å². The molecule has 0 spiro atoms. The van der Waals surface area contributed by atoms with Crippen LogP contribution in [0.5, 0.6) is 0 Å². The molecular weight excluding hydrogens is 188 g/mol. The summed E-state index contributed by atoms with van der Waals surface area (Å²) in [7, 11) is 0. The molecule has 0 bridgehead atoms. The number of aliphatic hydroxyl groups excluding tert-OH is 2. The number of benzene rings is 2. The molecule has 0 fully saturated rings. The molecule has 1 aliphatic carbocycles. The van der Waals surface area contributed by atoms with E-state index in [0.29, 0.717) is 0 Å². The van der Waals surface area contributed by atoms with E-state index < -0.39 is 6.10 Å². The molecule has 3 rings (SSSR count). The first-order chi connectivity index (χ1) is 7.27. The molecule has 1 atom stereocenters. The Balaban J connectivity index is 2.51. The van der Waals surface area contributed by atoms with Crippen LogP contribution >= 0.6 is 0 Å². The fourth-order valence-electron chi connectivity index (χ4n) is 2.16. The zero-order valence-electron chi connectivity index (χ0n) is 8.01. The van der Waals surface area contributed by atoms with Crippen LogP contribution in [-0.2, 0) is 0 Å². The molecule has 0 heterocycles. The number of aliphatic hydroxyl groups is 2. The van der Waals surface area contributed by atoms with Crippen LogP contribution in [0.15, 0.2) is 42.5 Å². The van der Waals surface area contributed by atoms with Crippen molar-refractivity contribution in [3.05, 3.63) is 53.6 Å². The maximum atomic E-state index is 9.81. The number of hydrogen-bond donors (Lipinski definition) is 2. The van der Waals surface area contributed by atoms with E-state index in [4.69, 9.17) is 0 Å². The van der Waals surface area contributed by atoms with Crippen LogP contribution in [0.25, 0.3) is 16.5 Å². The molecule has 0 aromatic heterocycles. The summed E-state index contributed by atoms with van der Waals surface area (Å²) < 4.78 is 0. The van der Waals surface area contributed by atoms with Crippen molar-refractivity contribution in [1.82, 2.24) is 0 Å². The molecule has 0 saturated heterocycles. The van der Waals surface area contributed by atoms with Crippen molar-refractivity contribution in [2.75, 3.05) is 0 Å². The van der Waals surface area contributed by atoms with Crippen LogP contribution in [0.4, 0.5) is 0 Å². The van der Waals surface area contributed by atoms with Gasteiger partial charge in [-0.05, 0) is 22.4 Å². The predicted octanol–water partition coefficient (Wildman–Crippen LogP) is 2.79. The van der Waals surface area contributed by atoms with E-state index in [1.807, 2.05) is 36.4 Å². The minimum absolute atomic E-state index is 0.159. The Morgan fingerprint density at radius 3 is 2.53 bits per heavy atom. The average Bonchev–Trinajstić information content (AvgIpc) is 2.25. The Labute approximate surface area is 87.1 Å². The highest BCUT2D eigenvalue weighted by Gasteiger charge is 2.19. The Kier molecular flexibility index (Phi) is 1.61. The molecule has 1 unspecified atom stereocenters. The van der Waals surface area contributed by atoms with Gasteiger partial charge < -0.3 is 10.2 Å². The van der Waals surface area contributed by atoms with Gasteiger partial charge in [-0.25, -0.2) is 0 Å². The summed E-state index contributed by atoms with van der Waals surface area (Å²) in [5.41, 5.74) is 1.66. The second-order valence-corrected chi connectivity index (χ2v) is 3.75. The fraction of sp³-hybridized carbons (Fsp3) is 0.0769. The summed E-state index contributed by atoms with van der Waals surface area (Å²) in [6.45, 7) is 0. The van der Waals surface area contributed by atoms with Gasteiger partial charge in [0.25, 0.3) is 0 Å². The molecule has 0 saturated carbocycles. The van der Waals surface area contributed by atoms with Crippen molar-refractivity contribution in [1.29, 1.82) is 0 Å². The average molecular weight is 198 g/mol. The van der Waals surface area contributed by atoms with Gasteiger partial charge in [-0.1, -0.05) is 36.4 Å². The number of rotatable bonds is 0. The van der Waals surface area contributed by atoms with Crippen molar-refractivity contribution < 1.29 is 10.2 Å². The summed E-state index contributed by atoms with van der Waals surface area (Å²) >= 11 is 0. The highest BCUT2D eigenvalue weighted by atomic mass is 16.3. The molecule has 2 heteroatoms. The Morgan fingerprint density at radius 1 is 1.00 bits per heavy atom. The largest absolute Gasteiger partial charge is 0.508 e. The third-order valence-electron chi connectivity index (χ3n) is 2.85. The molecule has 74 valence electrons. The summed E-state index contributed by atoms with van der Waals surface area (Å²) in [6, 6.07) is 11.5. The lowest BCUT2D eigenvalue weighted by Crippen LogP contribution is -2.03. The first-order valence-electron chi connectivity index (χ1n) is 4.88. The second kappa shape index (κ2) is 2.84. The minimum atomic E-state index is -0.705. The Hall–Kier alpha value is -1.80. The van der Waals surface area contributed by atoms with Gasteiger partial charge in [0, 0.05) is 5.56 Å². The highest BCUT2D eigenvalue weighted by Crippen LogP contribution is 2.36. The SMILES string of the molecule is OC1=CC(O)c2cccc3cccc1c23. The monoisotopic (exact) mass is 198 g/mol. The second-order valence-electron chi connectivity index (χ2n) is 3.75. The van der Waals surface area contributed by atoms with Crippen LogP contribution in [0.2, 0.25) is 0 Å². The normalized spacial score (nSPS) is 19.0. The van der Waals surface area contributed by atoms with Gasteiger partial charge in [0.05, 0.1) is 0 Å². The van der Waals surface area contributed by atoms with Gasteiger partial charge in [0.1, 0.15) is 11.9 Å². The minimum Gasteiger partial charge on any atom is -0.508 e. The molecule has 2 N–H and O–H groups in total. The maximum Gasteiger partial charge on any atom is 0.122 e. The van der Waals surface area contributed by atoms with E-state index in [1.54, 1.807) is 0 Å². The van der Waals surface area contributed by atoms with Crippen molar-refractivity contribution in [3.8, 4) is 0 Å². The fourth-order valence-corrected chi connectivity index (χ4v) is 2.16. The van der Waals surface area contributed by atoms with Gasteiger partial charge in [-0.15, -0.1) is 0 Å². The predicted molar refractivity (Wildman–Crippen MR) is 59.5 cm³/mol. The quantitative estimate of drug-likeness (QED) is 0.683. The first-order valence-corrected chi connectivity index (χ1v) is 4.88. The van der Waals surface area contributed by atoms with E-state index in [2.05, 4.69) is 0 Å². The van der Waals surface area contributed by atoms with Crippen LogP contribution < -0.4 is 0 Å². The zero-order valence-corrected chi connectivity index (χ0v) is 8.01. The lowest BCUT2D eigenvalue weighted by molar-refractivity contribution is 0.227. The molecule has 2 aromatic carbocycles. The lowest BCUT2D eigenvalue weighted by atomic mass is 9.90. The molecule has 1 aliphatic rings. The molecule has 2 nitrogen and oxygen atoms in total. The molecule has 0 amide bonds. The summed E-state index contributed by atoms with van der Waals surface area (Å²) in [5.74, 6) is 0.159. The van der Waals surface area contributed by atoms with Crippen molar-refractivity contribution >= 4 is 16.5 Å². The molecule has 0 aliphatic heterocycles. The number of hydrogen-bond acceptors (Lipinski definition) is 2. The van der Waals surface area contributed by atoms with E-state index in [-0.39, 0.29) is 5.76 Å². The van der Waals surface area contributed by atoms with E-state index in [0.717, 1.165) is 21.9 Å². The smallest absolute Gasteiger partial charge is 0.122 e. The van der Waals surface area contributed by atoms with Crippen molar-refractivity contribution in [2.45, 2.75) is 6.10 Å². The van der Waals surface area contributed by atoms with E-state index in [1.165, 1.54) is 6.08 Å². The molecule has 2 aromatic rings. The maximum absolute atomic E-state index is 9.81. The topological polar surface area (TPSA) is 40.5 Å². The lowest BCUT2D eigenvalue weighted by Gasteiger charge is -2.18. The third-order valence-corrected chi connectivity index (χ3v) is 2.85.